The van der Waals surface area contributed by atoms with Gasteiger partial charge in [-0.2, -0.15) is 5.10 Å². The van der Waals surface area contributed by atoms with Gasteiger partial charge in [0.2, 0.25) is 0 Å². The first-order valence-electron chi connectivity index (χ1n) is 10.9. The molecule has 0 aliphatic carbocycles. The lowest BCUT2D eigenvalue weighted by atomic mass is 10.0. The van der Waals surface area contributed by atoms with E-state index in [9.17, 15) is 13.6 Å². The van der Waals surface area contributed by atoms with E-state index >= 15 is 0 Å². The molecule has 3 aromatic carbocycles. The number of nitrogens with zero attached hydrogens (tertiary/aromatic N) is 4. The van der Waals surface area contributed by atoms with Crippen molar-refractivity contribution >= 4 is 16.8 Å². The maximum Gasteiger partial charge on any atom is 0.163 e. The molecule has 0 amide bonds. The standard InChI is InChI=1S/C27H20F2N4O/c28-21-9-4-18(5-10-21)26-27(19-6-11-22(29)12-7-19)32-24-17-20(8-13-23(24)31-26)25(34)3-1-15-33-16-2-14-30-33/h2,4-14,16-17H,1,3,15H2. The van der Waals surface area contributed by atoms with Crippen LogP contribution in [-0.4, -0.2) is 25.5 Å². The van der Waals surface area contributed by atoms with Crippen LogP contribution < -0.4 is 0 Å². The Balaban J connectivity index is 1.51. The number of carbonyl (C=O) groups is 1. The van der Waals surface area contributed by atoms with Crippen LogP contribution in [0.1, 0.15) is 23.2 Å². The summed E-state index contributed by atoms with van der Waals surface area (Å²) in [4.78, 5) is 22.3. The van der Waals surface area contributed by atoms with Gasteiger partial charge in [-0.25, -0.2) is 18.7 Å². The summed E-state index contributed by atoms with van der Waals surface area (Å²) >= 11 is 0. The zero-order valence-electron chi connectivity index (χ0n) is 18.2. The normalized spacial score (nSPS) is 11.1. The van der Waals surface area contributed by atoms with Gasteiger partial charge in [0, 0.05) is 42.0 Å². The summed E-state index contributed by atoms with van der Waals surface area (Å²) in [7, 11) is 0. The monoisotopic (exact) mass is 454 g/mol. The van der Waals surface area contributed by atoms with Crippen molar-refractivity contribution in [3.63, 3.8) is 0 Å². The van der Waals surface area contributed by atoms with Gasteiger partial charge in [-0.1, -0.05) is 0 Å². The lowest BCUT2D eigenvalue weighted by Gasteiger charge is -2.11. The number of aryl methyl sites for hydroxylation is 1. The number of ketones is 1. The van der Waals surface area contributed by atoms with Gasteiger partial charge in [0.1, 0.15) is 11.6 Å². The van der Waals surface area contributed by atoms with Gasteiger partial charge in [0.15, 0.2) is 5.78 Å². The number of halogens is 2. The van der Waals surface area contributed by atoms with Gasteiger partial charge in [-0.15, -0.1) is 0 Å². The Morgan fingerprint density at radius 1 is 0.794 bits per heavy atom. The molecule has 0 aliphatic rings. The van der Waals surface area contributed by atoms with E-state index in [1.807, 2.05) is 12.3 Å². The van der Waals surface area contributed by atoms with Gasteiger partial charge in [0.05, 0.1) is 22.4 Å². The molecule has 0 spiro atoms. The topological polar surface area (TPSA) is 60.7 Å². The van der Waals surface area contributed by atoms with Crippen molar-refractivity contribution < 1.29 is 13.6 Å². The molecular formula is C27H20F2N4O. The molecule has 7 heteroatoms. The van der Waals surface area contributed by atoms with Crippen LogP contribution >= 0.6 is 0 Å². The molecule has 0 saturated carbocycles. The number of benzene rings is 3. The second kappa shape index (κ2) is 9.31. The SMILES string of the molecule is O=C(CCCn1cccn1)c1ccc2nc(-c3ccc(F)cc3)c(-c3ccc(F)cc3)nc2c1. The predicted octanol–water partition coefficient (Wildman–Crippen LogP) is 6.10. The van der Waals surface area contributed by atoms with E-state index in [-0.39, 0.29) is 17.4 Å². The fourth-order valence-electron chi connectivity index (χ4n) is 3.82. The molecule has 0 aliphatic heterocycles. The molecule has 5 aromatic rings. The highest BCUT2D eigenvalue weighted by molar-refractivity contribution is 5.99. The zero-order chi connectivity index (χ0) is 23.5. The number of carbonyl (C=O) groups excluding carboxylic acids is 1. The van der Waals surface area contributed by atoms with Crippen molar-refractivity contribution in [2.45, 2.75) is 19.4 Å². The third-order valence-corrected chi connectivity index (χ3v) is 5.57. The molecule has 0 unspecified atom stereocenters. The van der Waals surface area contributed by atoms with E-state index in [2.05, 4.69) is 5.10 Å². The summed E-state index contributed by atoms with van der Waals surface area (Å²) in [5.74, 6) is -0.692. The van der Waals surface area contributed by atoms with Crippen molar-refractivity contribution in [1.82, 2.24) is 19.7 Å². The third kappa shape index (κ3) is 4.59. The van der Waals surface area contributed by atoms with E-state index in [1.54, 1.807) is 53.3 Å². The molecule has 2 heterocycles. The molecule has 0 bridgehead atoms. The highest BCUT2D eigenvalue weighted by Crippen LogP contribution is 2.31. The van der Waals surface area contributed by atoms with Crippen LogP contribution in [0, 0.1) is 11.6 Å². The Bertz CT molecular complexity index is 1450. The van der Waals surface area contributed by atoms with Crippen LogP contribution in [0.25, 0.3) is 33.5 Å². The molecule has 5 rings (SSSR count). The van der Waals surface area contributed by atoms with Crippen LogP contribution in [0.15, 0.2) is 85.2 Å². The quantitative estimate of drug-likeness (QED) is 0.279. The molecule has 0 atom stereocenters. The minimum atomic E-state index is -0.358. The van der Waals surface area contributed by atoms with Gasteiger partial charge in [-0.05, 0) is 79.2 Å². The average Bonchev–Trinajstić information content (AvgIpc) is 3.37. The Morgan fingerprint density at radius 2 is 1.41 bits per heavy atom. The van der Waals surface area contributed by atoms with Gasteiger partial charge in [-0.3, -0.25) is 9.48 Å². The number of rotatable bonds is 7. The number of hydrogen-bond acceptors (Lipinski definition) is 4. The lowest BCUT2D eigenvalue weighted by molar-refractivity contribution is 0.0978. The van der Waals surface area contributed by atoms with Gasteiger partial charge in [0.25, 0.3) is 0 Å². The van der Waals surface area contributed by atoms with Gasteiger partial charge < -0.3 is 0 Å². The van der Waals surface area contributed by atoms with E-state index in [1.165, 1.54) is 24.3 Å². The van der Waals surface area contributed by atoms with Crippen LogP contribution in [0.4, 0.5) is 8.78 Å². The molecule has 5 nitrogen and oxygen atoms in total. The highest BCUT2D eigenvalue weighted by Gasteiger charge is 2.15. The lowest BCUT2D eigenvalue weighted by Crippen LogP contribution is -2.04. The van der Waals surface area contributed by atoms with Crippen molar-refractivity contribution in [1.29, 1.82) is 0 Å². The third-order valence-electron chi connectivity index (χ3n) is 5.57. The first-order chi connectivity index (χ1) is 16.6. The highest BCUT2D eigenvalue weighted by atomic mass is 19.1. The average molecular weight is 454 g/mol. The smallest absolute Gasteiger partial charge is 0.163 e. The molecule has 34 heavy (non-hydrogen) atoms. The summed E-state index contributed by atoms with van der Waals surface area (Å²) in [6.07, 6.45) is 4.64. The first-order valence-corrected chi connectivity index (χ1v) is 10.9. The Labute approximate surface area is 194 Å². The minimum Gasteiger partial charge on any atom is -0.294 e. The Hall–Kier alpha value is -4.26. The molecule has 0 saturated heterocycles. The summed E-state index contributed by atoms with van der Waals surface area (Å²) in [6.45, 7) is 0.669. The van der Waals surface area contributed by atoms with Crippen LogP contribution in [0.2, 0.25) is 0 Å². The van der Waals surface area contributed by atoms with E-state index in [4.69, 9.17) is 9.97 Å². The fraction of sp³-hybridized carbons (Fsp3) is 0.111. The van der Waals surface area contributed by atoms with E-state index in [0.29, 0.717) is 58.5 Å². The van der Waals surface area contributed by atoms with Crippen molar-refractivity contribution in [2.24, 2.45) is 0 Å². The van der Waals surface area contributed by atoms with E-state index < -0.39 is 0 Å². The number of hydrogen-bond donors (Lipinski definition) is 0. The fourth-order valence-corrected chi connectivity index (χ4v) is 3.82. The van der Waals surface area contributed by atoms with Crippen LogP contribution in [0.3, 0.4) is 0 Å². The van der Waals surface area contributed by atoms with Crippen molar-refractivity contribution in [3.05, 3.63) is 102 Å². The molecule has 0 N–H and O–H groups in total. The van der Waals surface area contributed by atoms with Gasteiger partial charge >= 0.3 is 0 Å². The summed E-state index contributed by atoms with van der Waals surface area (Å²) < 4.78 is 28.8. The minimum absolute atomic E-state index is 0.0156. The first kappa shape index (κ1) is 21.6. The maximum absolute atomic E-state index is 13.5. The second-order valence-electron chi connectivity index (χ2n) is 7.93. The number of fused-ring (bicyclic) bond motifs is 1. The number of aromatic nitrogens is 4. The Kier molecular flexibility index (Phi) is 5.91. The second-order valence-corrected chi connectivity index (χ2v) is 7.93. The van der Waals surface area contributed by atoms with Crippen LogP contribution in [-0.2, 0) is 6.54 Å². The molecule has 0 radical (unpaired) electrons. The number of Topliss-reactive ketones (excluding diaryl/α,β-unsaturated/α-hetero) is 1. The Morgan fingerprint density at radius 3 is 2.00 bits per heavy atom. The zero-order valence-corrected chi connectivity index (χ0v) is 18.2. The summed E-state index contributed by atoms with van der Waals surface area (Å²) in [5, 5.41) is 4.15. The largest absolute Gasteiger partial charge is 0.294 e. The van der Waals surface area contributed by atoms with Crippen LogP contribution in [0.5, 0.6) is 0 Å². The molecular weight excluding hydrogens is 434 g/mol. The predicted molar refractivity (Wildman–Crippen MR) is 126 cm³/mol. The molecule has 0 fully saturated rings. The van der Waals surface area contributed by atoms with Crippen molar-refractivity contribution in [3.8, 4) is 22.5 Å². The summed E-state index contributed by atoms with van der Waals surface area (Å²) in [6, 6.07) is 19.1. The van der Waals surface area contributed by atoms with Crippen molar-refractivity contribution in [2.75, 3.05) is 0 Å². The van der Waals surface area contributed by atoms with E-state index in [0.717, 1.165) is 0 Å². The molecule has 2 aromatic heterocycles. The summed E-state index contributed by atoms with van der Waals surface area (Å²) in [5.41, 5.74) is 4.17. The maximum atomic E-state index is 13.5. The molecule has 168 valence electrons.